The molecule has 0 bridgehead atoms. The topological polar surface area (TPSA) is 42.2 Å². The van der Waals surface area contributed by atoms with Crippen LogP contribution < -0.4 is 0 Å². The smallest absolute Gasteiger partial charge is 0.319 e. The molecule has 1 aromatic heterocycles. The molecule has 4 heteroatoms. The molecule has 2 heterocycles. The van der Waals surface area contributed by atoms with Crippen LogP contribution in [-0.2, 0) is 23.2 Å². The molecule has 0 saturated heterocycles. The molecule has 1 aliphatic carbocycles. The standard InChI is InChI=1S/C28H26ClNO2/c1-27(2)17-16-23(24-15-14-22-9-6-18-30(22)24)25(19-10-12-21(29)13-11-19)28(27,26(31)32)20-7-4-3-5-8-20/h3-5,7-8,10-17H,6,9,18H2,1-2H3,(H,31,32). The van der Waals surface area contributed by atoms with Crippen molar-refractivity contribution < 1.29 is 9.90 Å². The number of halogens is 1. The van der Waals surface area contributed by atoms with Gasteiger partial charge in [-0.25, -0.2) is 0 Å². The van der Waals surface area contributed by atoms with E-state index in [1.807, 2.05) is 68.4 Å². The monoisotopic (exact) mass is 443 g/mol. The molecule has 0 amide bonds. The number of hydrogen-bond acceptors (Lipinski definition) is 1. The average Bonchev–Trinajstić information content (AvgIpc) is 3.38. The molecule has 5 rings (SSSR count). The zero-order valence-corrected chi connectivity index (χ0v) is 19.1. The number of rotatable bonds is 4. The van der Waals surface area contributed by atoms with Crippen LogP contribution in [0.5, 0.6) is 0 Å². The van der Waals surface area contributed by atoms with Gasteiger partial charge in [0.05, 0.1) is 0 Å². The molecule has 162 valence electrons. The Balaban J connectivity index is 1.92. The van der Waals surface area contributed by atoms with Crippen molar-refractivity contribution in [1.29, 1.82) is 0 Å². The van der Waals surface area contributed by atoms with Gasteiger partial charge >= 0.3 is 5.97 Å². The first-order chi connectivity index (χ1) is 15.4. The molecule has 2 aromatic carbocycles. The first-order valence-corrected chi connectivity index (χ1v) is 11.4. The SMILES string of the molecule is CC1(C)C=CC(c2ccc3n2CCC3)=C(c2ccc(Cl)cc2)C1(C(=O)O)c1ccccc1. The van der Waals surface area contributed by atoms with E-state index in [4.69, 9.17) is 11.6 Å². The molecule has 0 fully saturated rings. The van der Waals surface area contributed by atoms with E-state index in [-0.39, 0.29) is 0 Å². The van der Waals surface area contributed by atoms with E-state index in [1.54, 1.807) is 0 Å². The Labute approximate surface area is 193 Å². The van der Waals surface area contributed by atoms with Crippen LogP contribution in [0.15, 0.2) is 78.9 Å². The Morgan fingerprint density at radius 3 is 2.41 bits per heavy atom. The summed E-state index contributed by atoms with van der Waals surface area (Å²) in [5.41, 5.74) is 3.88. The number of nitrogens with zero attached hydrogens (tertiary/aromatic N) is 1. The highest BCUT2D eigenvalue weighted by molar-refractivity contribution is 6.30. The third kappa shape index (κ3) is 2.91. The van der Waals surface area contributed by atoms with Gasteiger partial charge in [0.1, 0.15) is 5.41 Å². The first kappa shape index (κ1) is 20.8. The predicted octanol–water partition coefficient (Wildman–Crippen LogP) is 6.62. The van der Waals surface area contributed by atoms with Gasteiger partial charge in [-0.15, -0.1) is 0 Å². The van der Waals surface area contributed by atoms with Crippen molar-refractivity contribution in [2.45, 2.75) is 38.6 Å². The summed E-state index contributed by atoms with van der Waals surface area (Å²) >= 11 is 6.22. The lowest BCUT2D eigenvalue weighted by atomic mass is 9.53. The molecule has 2 aliphatic rings. The summed E-state index contributed by atoms with van der Waals surface area (Å²) in [5.74, 6) is -0.853. The van der Waals surface area contributed by atoms with Crippen molar-refractivity contribution in [3.63, 3.8) is 0 Å². The van der Waals surface area contributed by atoms with E-state index in [0.29, 0.717) is 5.02 Å². The fraction of sp³-hybridized carbons (Fsp3) is 0.250. The minimum atomic E-state index is -1.27. The van der Waals surface area contributed by atoms with Crippen LogP contribution >= 0.6 is 11.6 Å². The van der Waals surface area contributed by atoms with E-state index in [1.165, 1.54) is 5.69 Å². The lowest BCUT2D eigenvalue weighted by Crippen LogP contribution is -2.50. The van der Waals surface area contributed by atoms with Gasteiger partial charge in [-0.05, 0) is 53.8 Å². The van der Waals surface area contributed by atoms with Gasteiger partial charge in [0, 0.05) is 33.9 Å². The van der Waals surface area contributed by atoms with Crippen LogP contribution in [0, 0.1) is 5.41 Å². The number of aromatic nitrogens is 1. The van der Waals surface area contributed by atoms with Crippen LogP contribution in [0.3, 0.4) is 0 Å². The van der Waals surface area contributed by atoms with Crippen molar-refractivity contribution in [3.8, 4) is 0 Å². The normalized spacial score (nSPS) is 21.6. The van der Waals surface area contributed by atoms with E-state index in [0.717, 1.165) is 47.4 Å². The number of allylic oxidation sites excluding steroid dienone is 3. The van der Waals surface area contributed by atoms with Gasteiger partial charge in [0.25, 0.3) is 0 Å². The molecule has 3 nitrogen and oxygen atoms in total. The fourth-order valence-corrected chi connectivity index (χ4v) is 5.71. The van der Waals surface area contributed by atoms with Gasteiger partial charge < -0.3 is 9.67 Å². The van der Waals surface area contributed by atoms with Crippen LogP contribution in [0.25, 0.3) is 11.1 Å². The first-order valence-electron chi connectivity index (χ1n) is 11.0. The Morgan fingerprint density at radius 2 is 1.72 bits per heavy atom. The zero-order valence-electron chi connectivity index (χ0n) is 18.3. The molecular weight excluding hydrogens is 418 g/mol. The third-order valence-electron chi connectivity index (χ3n) is 7.10. The molecule has 1 atom stereocenters. The Morgan fingerprint density at radius 1 is 1.00 bits per heavy atom. The number of hydrogen-bond donors (Lipinski definition) is 1. The largest absolute Gasteiger partial charge is 0.480 e. The Hall–Kier alpha value is -3.04. The third-order valence-corrected chi connectivity index (χ3v) is 7.35. The van der Waals surface area contributed by atoms with Crippen LogP contribution in [0.2, 0.25) is 5.02 Å². The van der Waals surface area contributed by atoms with E-state index in [2.05, 4.69) is 28.9 Å². The number of carbonyl (C=O) groups is 1. The number of carboxylic acid groups (broad SMARTS) is 1. The highest BCUT2D eigenvalue weighted by atomic mass is 35.5. The molecule has 1 N–H and O–H groups in total. The molecule has 3 aromatic rings. The summed E-state index contributed by atoms with van der Waals surface area (Å²) in [6.07, 6.45) is 6.36. The molecule has 1 unspecified atom stereocenters. The number of fused-ring (bicyclic) bond motifs is 1. The number of aryl methyl sites for hydroxylation is 1. The molecule has 0 saturated carbocycles. The second-order valence-electron chi connectivity index (χ2n) is 9.24. The Kier molecular flexibility index (Phi) is 4.90. The van der Waals surface area contributed by atoms with E-state index in [9.17, 15) is 9.90 Å². The minimum absolute atomic E-state index is 0.630. The van der Waals surface area contributed by atoms with Crippen molar-refractivity contribution in [2.24, 2.45) is 5.41 Å². The lowest BCUT2D eigenvalue weighted by Gasteiger charge is -2.47. The van der Waals surface area contributed by atoms with Gasteiger partial charge in [0.2, 0.25) is 0 Å². The zero-order chi connectivity index (χ0) is 22.5. The van der Waals surface area contributed by atoms with Gasteiger partial charge in [0.15, 0.2) is 0 Å². The van der Waals surface area contributed by atoms with Crippen molar-refractivity contribution in [1.82, 2.24) is 4.57 Å². The van der Waals surface area contributed by atoms with Crippen molar-refractivity contribution >= 4 is 28.7 Å². The minimum Gasteiger partial charge on any atom is -0.480 e. The highest BCUT2D eigenvalue weighted by Crippen LogP contribution is 2.57. The van der Waals surface area contributed by atoms with Gasteiger partial charge in [-0.3, -0.25) is 4.79 Å². The average molecular weight is 444 g/mol. The number of aliphatic carboxylic acids is 1. The maximum absolute atomic E-state index is 13.4. The van der Waals surface area contributed by atoms with Crippen molar-refractivity contribution in [3.05, 3.63) is 106 Å². The summed E-state index contributed by atoms with van der Waals surface area (Å²) in [4.78, 5) is 13.4. The van der Waals surface area contributed by atoms with Crippen LogP contribution in [0.1, 0.15) is 42.8 Å². The molecule has 0 spiro atoms. The lowest BCUT2D eigenvalue weighted by molar-refractivity contribution is -0.144. The summed E-state index contributed by atoms with van der Waals surface area (Å²) in [6.45, 7) is 4.98. The maximum atomic E-state index is 13.4. The predicted molar refractivity (Wildman–Crippen MR) is 130 cm³/mol. The quantitative estimate of drug-likeness (QED) is 0.492. The molecular formula is C28H26ClNO2. The highest BCUT2D eigenvalue weighted by Gasteiger charge is 2.57. The summed E-state index contributed by atoms with van der Waals surface area (Å²) in [5, 5.41) is 11.6. The second-order valence-corrected chi connectivity index (χ2v) is 9.67. The second kappa shape index (κ2) is 7.53. The number of benzene rings is 2. The van der Waals surface area contributed by atoms with Crippen LogP contribution in [-0.4, -0.2) is 15.6 Å². The summed E-state index contributed by atoms with van der Waals surface area (Å²) in [7, 11) is 0. The van der Waals surface area contributed by atoms with Crippen molar-refractivity contribution in [2.75, 3.05) is 0 Å². The van der Waals surface area contributed by atoms with Gasteiger partial charge in [-0.1, -0.05) is 80.1 Å². The van der Waals surface area contributed by atoms with Crippen LogP contribution in [0.4, 0.5) is 0 Å². The molecule has 1 aliphatic heterocycles. The maximum Gasteiger partial charge on any atom is 0.319 e. The number of carboxylic acids is 1. The molecule has 32 heavy (non-hydrogen) atoms. The van der Waals surface area contributed by atoms with Gasteiger partial charge in [-0.2, -0.15) is 0 Å². The van der Waals surface area contributed by atoms with E-state index >= 15 is 0 Å². The fourth-order valence-electron chi connectivity index (χ4n) is 5.58. The Bertz CT molecular complexity index is 1250. The van der Waals surface area contributed by atoms with E-state index < -0.39 is 16.8 Å². The summed E-state index contributed by atoms with van der Waals surface area (Å²) < 4.78 is 2.34. The molecule has 0 radical (unpaired) electrons. The summed E-state index contributed by atoms with van der Waals surface area (Å²) in [6, 6.07) is 21.5.